The van der Waals surface area contributed by atoms with Crippen molar-refractivity contribution in [3.63, 3.8) is 0 Å². The first-order valence-electron chi connectivity index (χ1n) is 9.46. The Morgan fingerprint density at radius 1 is 1.28 bits per heavy atom. The topological polar surface area (TPSA) is 67.2 Å². The molecule has 3 rings (SSSR count). The highest BCUT2D eigenvalue weighted by Gasteiger charge is 2.40. The summed E-state index contributed by atoms with van der Waals surface area (Å²) in [5.41, 5.74) is 2.93. The molecule has 0 saturated carbocycles. The van der Waals surface area contributed by atoms with Gasteiger partial charge in [0.1, 0.15) is 6.54 Å². The zero-order valence-corrected chi connectivity index (χ0v) is 16.1. The fourth-order valence-corrected chi connectivity index (χ4v) is 3.41. The van der Waals surface area contributed by atoms with Gasteiger partial charge in [-0.25, -0.2) is 4.68 Å². The monoisotopic (exact) mass is 408 g/mol. The van der Waals surface area contributed by atoms with Crippen LogP contribution in [0.5, 0.6) is 0 Å². The summed E-state index contributed by atoms with van der Waals surface area (Å²) in [5, 5.41) is 7.23. The molecule has 9 heteroatoms. The van der Waals surface area contributed by atoms with E-state index in [0.29, 0.717) is 24.3 Å². The lowest BCUT2D eigenvalue weighted by Gasteiger charge is -2.18. The fourth-order valence-electron chi connectivity index (χ4n) is 3.41. The Kier molecular flexibility index (Phi) is 6.24. The fraction of sp³-hybridized carbons (Fsp3) is 0.450. The summed E-state index contributed by atoms with van der Waals surface area (Å²) >= 11 is 0. The molecule has 156 valence electrons. The zero-order chi connectivity index (χ0) is 21.0. The molecular weight excluding hydrogens is 385 g/mol. The highest BCUT2D eigenvalue weighted by Crippen LogP contribution is 2.24. The van der Waals surface area contributed by atoms with Crippen LogP contribution in [0.1, 0.15) is 24.1 Å². The highest BCUT2D eigenvalue weighted by molar-refractivity contribution is 5.89. The number of amides is 2. The Balaban J connectivity index is 1.45. The summed E-state index contributed by atoms with van der Waals surface area (Å²) in [4.78, 5) is 24.6. The van der Waals surface area contributed by atoms with Gasteiger partial charge in [0.05, 0.1) is 17.3 Å². The van der Waals surface area contributed by atoms with Gasteiger partial charge in [0.25, 0.3) is 0 Å². The van der Waals surface area contributed by atoms with Crippen LogP contribution in [0, 0.1) is 12.8 Å². The number of carbonyl (C=O) groups is 2. The van der Waals surface area contributed by atoms with Crippen LogP contribution in [0.2, 0.25) is 0 Å². The van der Waals surface area contributed by atoms with Crippen LogP contribution in [0.4, 0.5) is 13.2 Å². The van der Waals surface area contributed by atoms with Crippen molar-refractivity contribution < 1.29 is 22.8 Å². The SMILES string of the molecule is Cc1nn(-c2ccccc2)cc1CCCNC(=O)C1CC(=O)N(CC(F)(F)F)C1. The van der Waals surface area contributed by atoms with E-state index in [9.17, 15) is 22.8 Å². The molecule has 0 bridgehead atoms. The first kappa shape index (κ1) is 20.9. The van der Waals surface area contributed by atoms with Gasteiger partial charge in [0, 0.05) is 25.7 Å². The number of halogens is 3. The minimum atomic E-state index is -4.46. The number of rotatable bonds is 7. The van der Waals surface area contributed by atoms with Crippen LogP contribution in [0.15, 0.2) is 36.5 Å². The number of nitrogens with zero attached hydrogens (tertiary/aromatic N) is 3. The largest absolute Gasteiger partial charge is 0.406 e. The van der Waals surface area contributed by atoms with Gasteiger partial charge in [-0.2, -0.15) is 18.3 Å². The summed E-state index contributed by atoms with van der Waals surface area (Å²) in [5.74, 6) is -1.74. The lowest BCUT2D eigenvalue weighted by Crippen LogP contribution is -2.37. The third-order valence-electron chi connectivity index (χ3n) is 4.90. The number of nitrogens with one attached hydrogen (secondary N) is 1. The van der Waals surface area contributed by atoms with Gasteiger partial charge in [-0.15, -0.1) is 0 Å². The van der Waals surface area contributed by atoms with E-state index in [0.717, 1.165) is 16.9 Å². The molecule has 2 aromatic rings. The van der Waals surface area contributed by atoms with E-state index in [2.05, 4.69) is 10.4 Å². The third kappa shape index (κ3) is 5.58. The standard InChI is InChI=1S/C20H23F3N4O2/c1-14-15(12-27(25-14)17-7-3-2-4-8-17)6-5-9-24-19(29)16-10-18(28)26(11-16)13-20(21,22)23/h2-4,7-8,12,16H,5-6,9-11,13H2,1H3,(H,24,29). The van der Waals surface area contributed by atoms with Crippen molar-refractivity contribution >= 4 is 11.8 Å². The van der Waals surface area contributed by atoms with Gasteiger partial charge in [-0.3, -0.25) is 9.59 Å². The number of hydrogen-bond donors (Lipinski definition) is 1. The molecule has 2 amide bonds. The molecule has 1 aliphatic rings. The average molecular weight is 408 g/mol. The van der Waals surface area contributed by atoms with Crippen molar-refractivity contribution in [2.75, 3.05) is 19.6 Å². The van der Waals surface area contributed by atoms with E-state index in [-0.39, 0.29) is 18.9 Å². The summed E-state index contributed by atoms with van der Waals surface area (Å²) < 4.78 is 39.2. The lowest BCUT2D eigenvalue weighted by molar-refractivity contribution is -0.157. The highest BCUT2D eigenvalue weighted by atomic mass is 19.4. The molecule has 1 N–H and O–H groups in total. The second-order valence-corrected chi connectivity index (χ2v) is 7.20. The number of hydrogen-bond acceptors (Lipinski definition) is 3. The van der Waals surface area contributed by atoms with Crippen LogP contribution < -0.4 is 5.32 Å². The van der Waals surface area contributed by atoms with E-state index < -0.39 is 24.5 Å². The number of aromatic nitrogens is 2. The van der Waals surface area contributed by atoms with Crippen LogP contribution >= 0.6 is 0 Å². The number of alkyl halides is 3. The Morgan fingerprint density at radius 2 is 2.00 bits per heavy atom. The molecular formula is C20H23F3N4O2. The van der Waals surface area contributed by atoms with E-state index in [1.54, 1.807) is 0 Å². The van der Waals surface area contributed by atoms with Gasteiger partial charge >= 0.3 is 6.18 Å². The van der Waals surface area contributed by atoms with Crippen molar-refractivity contribution in [3.8, 4) is 5.69 Å². The lowest BCUT2D eigenvalue weighted by atomic mass is 10.1. The molecule has 1 aromatic heterocycles. The average Bonchev–Trinajstić information content (AvgIpc) is 3.21. The molecule has 1 aliphatic heterocycles. The molecule has 1 atom stereocenters. The van der Waals surface area contributed by atoms with Crippen molar-refractivity contribution in [3.05, 3.63) is 47.8 Å². The van der Waals surface area contributed by atoms with Gasteiger partial charge < -0.3 is 10.2 Å². The number of likely N-dealkylation sites (tertiary alicyclic amines) is 1. The molecule has 6 nitrogen and oxygen atoms in total. The van der Waals surface area contributed by atoms with Crippen molar-refractivity contribution in [2.45, 2.75) is 32.4 Å². The van der Waals surface area contributed by atoms with Gasteiger partial charge in [-0.05, 0) is 37.5 Å². The first-order chi connectivity index (χ1) is 13.7. The molecule has 1 saturated heterocycles. The number of para-hydroxylation sites is 1. The molecule has 0 spiro atoms. The number of benzene rings is 1. The Hall–Kier alpha value is -2.84. The molecule has 1 aromatic carbocycles. The molecule has 1 fully saturated rings. The molecule has 0 aliphatic carbocycles. The van der Waals surface area contributed by atoms with Gasteiger partial charge in [-0.1, -0.05) is 18.2 Å². The van der Waals surface area contributed by atoms with E-state index in [4.69, 9.17) is 0 Å². The molecule has 29 heavy (non-hydrogen) atoms. The van der Waals surface area contributed by atoms with Crippen LogP contribution in [0.3, 0.4) is 0 Å². The second kappa shape index (κ2) is 8.67. The van der Waals surface area contributed by atoms with Crippen molar-refractivity contribution in [2.24, 2.45) is 5.92 Å². The second-order valence-electron chi connectivity index (χ2n) is 7.20. The quantitative estimate of drug-likeness (QED) is 0.717. The Labute approximate surface area is 166 Å². The Bertz CT molecular complexity index is 864. The predicted octanol–water partition coefficient (Wildman–Crippen LogP) is 2.64. The van der Waals surface area contributed by atoms with Crippen LogP contribution in [-0.4, -0.2) is 52.3 Å². The first-order valence-corrected chi connectivity index (χ1v) is 9.46. The molecule has 1 unspecified atom stereocenters. The molecule has 0 radical (unpaired) electrons. The maximum Gasteiger partial charge on any atom is 0.406 e. The normalized spacial score (nSPS) is 17.0. The Morgan fingerprint density at radius 3 is 2.69 bits per heavy atom. The van der Waals surface area contributed by atoms with E-state index >= 15 is 0 Å². The maximum atomic E-state index is 12.5. The summed E-state index contributed by atoms with van der Waals surface area (Å²) in [6.07, 6.45) is -1.30. The van der Waals surface area contributed by atoms with Crippen molar-refractivity contribution in [1.29, 1.82) is 0 Å². The molecule has 2 heterocycles. The minimum Gasteiger partial charge on any atom is -0.356 e. The summed E-state index contributed by atoms with van der Waals surface area (Å²) in [6.45, 7) is 0.818. The van der Waals surface area contributed by atoms with Gasteiger partial charge in [0.15, 0.2) is 0 Å². The number of aryl methyl sites for hydroxylation is 2. The van der Waals surface area contributed by atoms with Crippen LogP contribution in [0.25, 0.3) is 5.69 Å². The minimum absolute atomic E-state index is 0.176. The van der Waals surface area contributed by atoms with Gasteiger partial charge in [0.2, 0.25) is 11.8 Å². The van der Waals surface area contributed by atoms with E-state index in [1.165, 1.54) is 0 Å². The van der Waals surface area contributed by atoms with E-state index in [1.807, 2.05) is 48.1 Å². The third-order valence-corrected chi connectivity index (χ3v) is 4.90. The zero-order valence-electron chi connectivity index (χ0n) is 16.1. The summed E-state index contributed by atoms with van der Waals surface area (Å²) in [6, 6.07) is 9.73. The number of carbonyl (C=O) groups excluding carboxylic acids is 2. The van der Waals surface area contributed by atoms with Crippen LogP contribution in [-0.2, 0) is 16.0 Å². The maximum absolute atomic E-state index is 12.5. The smallest absolute Gasteiger partial charge is 0.356 e. The van der Waals surface area contributed by atoms with Crippen molar-refractivity contribution in [1.82, 2.24) is 20.0 Å². The summed E-state index contributed by atoms with van der Waals surface area (Å²) in [7, 11) is 0. The predicted molar refractivity (Wildman–Crippen MR) is 100 cm³/mol.